The average molecular weight is 387 g/mol. The Hall–Kier alpha value is -2.08. The molecule has 1 unspecified atom stereocenters. The van der Waals surface area contributed by atoms with Gasteiger partial charge < -0.3 is 20.3 Å². The minimum atomic E-state index is 0.0403. The van der Waals surface area contributed by atoms with Crippen LogP contribution in [0.3, 0.4) is 0 Å². The molecule has 0 radical (unpaired) electrons. The van der Waals surface area contributed by atoms with Crippen molar-refractivity contribution in [1.82, 2.24) is 15.5 Å². The molecule has 1 heterocycles. The lowest BCUT2D eigenvalue weighted by molar-refractivity contribution is -0.121. The summed E-state index contributed by atoms with van der Waals surface area (Å²) in [5.41, 5.74) is 3.77. The highest BCUT2D eigenvalue weighted by molar-refractivity contribution is 5.81. The Bertz CT molecular complexity index is 698. The van der Waals surface area contributed by atoms with Gasteiger partial charge in [0.1, 0.15) is 6.10 Å². The number of hydrogen-bond acceptors (Lipinski definition) is 3. The number of carbonyl (C=O) groups excluding carboxylic acids is 1. The van der Waals surface area contributed by atoms with E-state index in [9.17, 15) is 4.79 Å². The maximum atomic E-state index is 12.1. The van der Waals surface area contributed by atoms with E-state index in [4.69, 9.17) is 4.74 Å². The highest BCUT2D eigenvalue weighted by Crippen LogP contribution is 2.26. The first-order valence-electron chi connectivity index (χ1n) is 10.5. The van der Waals surface area contributed by atoms with E-state index in [1.54, 1.807) is 7.05 Å². The van der Waals surface area contributed by atoms with Gasteiger partial charge >= 0.3 is 0 Å². The van der Waals surface area contributed by atoms with Crippen molar-refractivity contribution in [2.45, 2.75) is 58.1 Å². The van der Waals surface area contributed by atoms with Gasteiger partial charge in [0.25, 0.3) is 0 Å². The van der Waals surface area contributed by atoms with Crippen LogP contribution in [0, 0.1) is 13.8 Å². The Morgan fingerprint density at radius 2 is 2.07 bits per heavy atom. The topological polar surface area (TPSA) is 66.0 Å². The van der Waals surface area contributed by atoms with Gasteiger partial charge in [0.15, 0.2) is 5.96 Å². The number of nitrogens with one attached hydrogen (secondary N) is 2. The highest BCUT2D eigenvalue weighted by Gasteiger charge is 2.25. The third-order valence-corrected chi connectivity index (χ3v) is 5.71. The van der Waals surface area contributed by atoms with Crippen LogP contribution in [0.4, 0.5) is 0 Å². The van der Waals surface area contributed by atoms with Crippen LogP contribution in [0.15, 0.2) is 23.2 Å². The number of carbonyl (C=O) groups is 1. The molecule has 3 rings (SSSR count). The fraction of sp³-hybridized carbons (Fsp3) is 0.636. The smallest absolute Gasteiger partial charge is 0.221 e. The monoisotopic (exact) mass is 386 g/mol. The third kappa shape index (κ3) is 5.47. The van der Waals surface area contributed by atoms with Crippen molar-refractivity contribution in [3.63, 3.8) is 0 Å². The SMILES string of the molecule is CN=C(NCCC(=O)NC1CCCC1)N1CCOC(c2ccc(C)cc2C)C1. The Balaban J connectivity index is 1.50. The molecule has 1 aromatic rings. The lowest BCUT2D eigenvalue weighted by Crippen LogP contribution is -2.49. The molecular formula is C22H34N4O2. The van der Waals surface area contributed by atoms with E-state index in [1.165, 1.54) is 29.5 Å². The molecule has 28 heavy (non-hydrogen) atoms. The summed E-state index contributed by atoms with van der Waals surface area (Å²) < 4.78 is 6.04. The van der Waals surface area contributed by atoms with Crippen LogP contribution in [0.1, 0.15) is 54.9 Å². The second-order valence-corrected chi connectivity index (χ2v) is 7.94. The van der Waals surface area contributed by atoms with Crippen molar-refractivity contribution in [3.8, 4) is 0 Å². The summed E-state index contributed by atoms with van der Waals surface area (Å²) in [6.45, 7) is 7.07. The maximum absolute atomic E-state index is 12.1. The molecule has 154 valence electrons. The molecule has 1 aliphatic heterocycles. The predicted octanol–water partition coefficient (Wildman–Crippen LogP) is 2.70. The van der Waals surface area contributed by atoms with Crippen LogP contribution < -0.4 is 10.6 Å². The number of guanidine groups is 1. The van der Waals surface area contributed by atoms with Crippen LogP contribution in [-0.4, -0.2) is 56.1 Å². The van der Waals surface area contributed by atoms with Gasteiger partial charge in [-0.05, 0) is 37.8 Å². The molecule has 1 aliphatic carbocycles. The number of aliphatic imine (C=N–C) groups is 1. The van der Waals surface area contributed by atoms with Crippen LogP contribution in [0.25, 0.3) is 0 Å². The first-order valence-corrected chi connectivity index (χ1v) is 10.5. The molecule has 0 spiro atoms. The lowest BCUT2D eigenvalue weighted by atomic mass is 10.00. The van der Waals surface area contributed by atoms with Gasteiger partial charge in [-0.25, -0.2) is 0 Å². The van der Waals surface area contributed by atoms with Crippen molar-refractivity contribution in [2.24, 2.45) is 4.99 Å². The van der Waals surface area contributed by atoms with Gasteiger partial charge in [0, 0.05) is 32.6 Å². The van der Waals surface area contributed by atoms with E-state index < -0.39 is 0 Å². The van der Waals surface area contributed by atoms with Gasteiger partial charge in [-0.15, -0.1) is 0 Å². The standard InChI is InChI=1S/C22H34N4O2/c1-16-8-9-19(17(2)14-16)20-15-26(12-13-28-20)22(23-3)24-11-10-21(27)25-18-6-4-5-7-18/h8-9,14,18,20H,4-7,10-13,15H2,1-3H3,(H,23,24)(H,25,27). The van der Waals surface area contributed by atoms with Crippen LogP contribution >= 0.6 is 0 Å². The molecule has 2 N–H and O–H groups in total. The zero-order valence-corrected chi connectivity index (χ0v) is 17.5. The molecule has 6 heteroatoms. The second-order valence-electron chi connectivity index (χ2n) is 7.94. The van der Waals surface area contributed by atoms with E-state index in [1.807, 2.05) is 0 Å². The van der Waals surface area contributed by atoms with Gasteiger partial charge in [-0.1, -0.05) is 36.6 Å². The first-order chi connectivity index (χ1) is 13.6. The summed E-state index contributed by atoms with van der Waals surface area (Å²) in [5, 5.41) is 6.49. The molecular weight excluding hydrogens is 352 g/mol. The fourth-order valence-corrected chi connectivity index (χ4v) is 4.21. The zero-order valence-electron chi connectivity index (χ0n) is 17.5. The van der Waals surface area contributed by atoms with E-state index in [0.29, 0.717) is 25.6 Å². The van der Waals surface area contributed by atoms with Crippen molar-refractivity contribution >= 4 is 11.9 Å². The zero-order chi connectivity index (χ0) is 19.9. The van der Waals surface area contributed by atoms with Crippen molar-refractivity contribution in [3.05, 3.63) is 34.9 Å². The number of benzene rings is 1. The number of ether oxygens (including phenoxy) is 1. The molecule has 6 nitrogen and oxygen atoms in total. The summed E-state index contributed by atoms with van der Waals surface area (Å²) in [7, 11) is 1.79. The van der Waals surface area contributed by atoms with Crippen LogP contribution in [-0.2, 0) is 9.53 Å². The number of nitrogens with zero attached hydrogens (tertiary/aromatic N) is 2. The van der Waals surface area contributed by atoms with E-state index in [2.05, 4.69) is 52.6 Å². The van der Waals surface area contributed by atoms with Crippen molar-refractivity contribution in [2.75, 3.05) is 33.3 Å². The van der Waals surface area contributed by atoms with Gasteiger partial charge in [-0.3, -0.25) is 9.79 Å². The second kappa shape index (κ2) is 9.92. The molecule has 2 aliphatic rings. The summed E-state index contributed by atoms with van der Waals surface area (Å²) in [6.07, 6.45) is 5.21. The predicted molar refractivity (Wildman–Crippen MR) is 113 cm³/mol. The fourth-order valence-electron chi connectivity index (χ4n) is 4.21. The number of hydrogen-bond donors (Lipinski definition) is 2. The Kier molecular flexibility index (Phi) is 7.31. The summed E-state index contributed by atoms with van der Waals surface area (Å²) in [4.78, 5) is 18.8. The van der Waals surface area contributed by atoms with Gasteiger partial charge in [-0.2, -0.15) is 0 Å². The van der Waals surface area contributed by atoms with Crippen molar-refractivity contribution < 1.29 is 9.53 Å². The normalized spacial score (nSPS) is 21.0. The highest BCUT2D eigenvalue weighted by atomic mass is 16.5. The number of aryl methyl sites for hydroxylation is 2. The third-order valence-electron chi connectivity index (χ3n) is 5.71. The van der Waals surface area contributed by atoms with E-state index in [-0.39, 0.29) is 12.0 Å². The first kappa shape index (κ1) is 20.6. The number of amides is 1. The van der Waals surface area contributed by atoms with Crippen molar-refractivity contribution in [1.29, 1.82) is 0 Å². The summed E-state index contributed by atoms with van der Waals surface area (Å²) in [6, 6.07) is 6.89. The van der Waals surface area contributed by atoms with Gasteiger partial charge in [0.2, 0.25) is 5.91 Å². The quantitative estimate of drug-likeness (QED) is 0.603. The van der Waals surface area contributed by atoms with Crippen LogP contribution in [0.2, 0.25) is 0 Å². The molecule has 1 amide bonds. The van der Waals surface area contributed by atoms with Crippen LogP contribution in [0.5, 0.6) is 0 Å². The summed E-state index contributed by atoms with van der Waals surface area (Å²) >= 11 is 0. The van der Waals surface area contributed by atoms with E-state index >= 15 is 0 Å². The Morgan fingerprint density at radius 3 is 2.79 bits per heavy atom. The molecule has 1 atom stereocenters. The molecule has 0 aromatic heterocycles. The minimum Gasteiger partial charge on any atom is -0.370 e. The molecule has 1 aromatic carbocycles. The Labute approximate surface area is 168 Å². The molecule has 1 saturated heterocycles. The largest absolute Gasteiger partial charge is 0.370 e. The molecule has 0 bridgehead atoms. The number of morpholine rings is 1. The summed E-state index contributed by atoms with van der Waals surface area (Å²) in [5.74, 6) is 0.969. The average Bonchev–Trinajstić information content (AvgIpc) is 3.18. The Morgan fingerprint density at radius 1 is 1.29 bits per heavy atom. The van der Waals surface area contributed by atoms with E-state index in [0.717, 1.165) is 31.9 Å². The molecule has 2 fully saturated rings. The maximum Gasteiger partial charge on any atom is 0.221 e. The molecule has 1 saturated carbocycles. The lowest BCUT2D eigenvalue weighted by Gasteiger charge is -2.35. The van der Waals surface area contributed by atoms with Gasteiger partial charge in [0.05, 0.1) is 13.2 Å². The minimum absolute atomic E-state index is 0.0403. The number of rotatable bonds is 5.